The number of hydrogen-bond acceptors (Lipinski definition) is 8. The molecule has 37 heavy (non-hydrogen) atoms. The van der Waals surface area contributed by atoms with Crippen molar-refractivity contribution in [1.82, 2.24) is 0 Å². The van der Waals surface area contributed by atoms with Gasteiger partial charge in [0.25, 0.3) is 0 Å². The number of benzene rings is 2. The summed E-state index contributed by atoms with van der Waals surface area (Å²) in [6.07, 6.45) is 0.442. The molecule has 0 atom stereocenters. The molecule has 0 saturated carbocycles. The van der Waals surface area contributed by atoms with Gasteiger partial charge in [-0.15, -0.1) is 0 Å². The third-order valence-electron chi connectivity index (χ3n) is 5.91. The largest absolute Gasteiger partial charge is 0.427 e. The minimum absolute atomic E-state index is 0.0929. The Kier molecular flexibility index (Phi) is 6.15. The first kappa shape index (κ1) is 23.7. The molecule has 184 valence electrons. The monoisotopic (exact) mass is 496 g/mol. The fourth-order valence-corrected chi connectivity index (χ4v) is 4.38. The summed E-state index contributed by atoms with van der Waals surface area (Å²) in [5.41, 5.74) is 5.31. The number of esters is 2. The average molecular weight is 496 g/mol. The van der Waals surface area contributed by atoms with E-state index < -0.39 is 23.9 Å². The lowest BCUT2D eigenvalue weighted by atomic mass is 9.99. The van der Waals surface area contributed by atoms with Crippen molar-refractivity contribution in [1.29, 1.82) is 0 Å². The van der Waals surface area contributed by atoms with E-state index in [9.17, 15) is 19.2 Å². The van der Waals surface area contributed by atoms with Gasteiger partial charge in [-0.05, 0) is 58.7 Å². The molecular formula is C29H20O8. The van der Waals surface area contributed by atoms with Crippen LogP contribution in [0.1, 0.15) is 45.7 Å². The van der Waals surface area contributed by atoms with Crippen LogP contribution in [0.25, 0.3) is 22.3 Å². The van der Waals surface area contributed by atoms with E-state index in [1.165, 1.54) is 50.2 Å². The van der Waals surface area contributed by atoms with E-state index in [2.05, 4.69) is 0 Å². The van der Waals surface area contributed by atoms with Crippen molar-refractivity contribution in [2.24, 2.45) is 0 Å². The molecule has 0 bridgehead atoms. The Morgan fingerprint density at radius 3 is 2.14 bits per heavy atom. The topological polar surface area (TPSA) is 105 Å². The summed E-state index contributed by atoms with van der Waals surface area (Å²) in [6, 6.07) is 20.4. The van der Waals surface area contributed by atoms with E-state index in [-0.39, 0.29) is 16.9 Å². The normalized spacial score (nSPS) is 11.3. The molecular weight excluding hydrogens is 476 g/mol. The fraction of sp³-hybridized carbons (Fsp3) is 0.103. The van der Waals surface area contributed by atoms with Crippen molar-refractivity contribution in [2.75, 3.05) is 0 Å². The minimum atomic E-state index is -0.901. The van der Waals surface area contributed by atoms with Crippen molar-refractivity contribution in [3.63, 3.8) is 0 Å². The summed E-state index contributed by atoms with van der Waals surface area (Å²) in [6.45, 7) is 2.57. The molecule has 0 amide bonds. The fourth-order valence-electron chi connectivity index (χ4n) is 4.38. The first-order valence-corrected chi connectivity index (χ1v) is 11.4. The molecule has 0 aliphatic heterocycles. The molecule has 0 fully saturated rings. The lowest BCUT2D eigenvalue weighted by molar-refractivity contribution is -0.187. The highest BCUT2D eigenvalue weighted by Crippen LogP contribution is 2.45. The van der Waals surface area contributed by atoms with Gasteiger partial charge in [0, 0.05) is 31.4 Å². The molecule has 3 aliphatic carbocycles. The zero-order valence-electron chi connectivity index (χ0n) is 19.9. The van der Waals surface area contributed by atoms with Gasteiger partial charge in [-0.25, -0.2) is 19.4 Å². The molecule has 0 unspecified atom stereocenters. The van der Waals surface area contributed by atoms with Crippen LogP contribution in [0.4, 0.5) is 0 Å². The smallest absolute Gasteiger partial charge is 0.386 e. The van der Waals surface area contributed by atoms with Crippen LogP contribution in [0, 0.1) is 0 Å². The third-order valence-corrected chi connectivity index (χ3v) is 5.91. The van der Waals surface area contributed by atoms with Crippen LogP contribution >= 0.6 is 0 Å². The van der Waals surface area contributed by atoms with Crippen LogP contribution < -0.4 is 9.47 Å². The number of carbonyl (C=O) groups excluding carboxylic acids is 4. The second-order valence-corrected chi connectivity index (χ2v) is 8.45. The third kappa shape index (κ3) is 4.77. The maximum atomic E-state index is 13.1. The molecule has 2 aromatic carbocycles. The highest BCUT2D eigenvalue weighted by Gasteiger charge is 2.30. The SMILES string of the molecule is CC(=O)Oc1ccc(C(=O)OOC(=O)c2ccc(OC(C)=O)c3c2-c2ccc4cccc-4cc2C3)cc1. The summed E-state index contributed by atoms with van der Waals surface area (Å²) in [5.74, 6) is -2.15. The molecule has 8 nitrogen and oxygen atoms in total. The van der Waals surface area contributed by atoms with E-state index in [4.69, 9.17) is 19.2 Å². The van der Waals surface area contributed by atoms with Crippen LogP contribution in [-0.2, 0) is 25.8 Å². The summed E-state index contributed by atoms with van der Waals surface area (Å²) in [7, 11) is 0. The van der Waals surface area contributed by atoms with Gasteiger partial charge in [0.2, 0.25) is 0 Å². The van der Waals surface area contributed by atoms with Gasteiger partial charge in [0.15, 0.2) is 0 Å². The van der Waals surface area contributed by atoms with Crippen molar-refractivity contribution < 1.29 is 38.4 Å². The highest BCUT2D eigenvalue weighted by molar-refractivity contribution is 6.01. The van der Waals surface area contributed by atoms with Crippen molar-refractivity contribution in [3.8, 4) is 33.8 Å². The predicted molar refractivity (Wildman–Crippen MR) is 131 cm³/mol. The number of ether oxygens (including phenoxy) is 2. The molecule has 3 aliphatic rings. The number of hydrogen-bond donors (Lipinski definition) is 0. The Hall–Kier alpha value is -4.98. The van der Waals surface area contributed by atoms with Gasteiger partial charge in [-0.3, -0.25) is 9.59 Å². The van der Waals surface area contributed by atoms with E-state index >= 15 is 0 Å². The molecule has 2 aromatic rings. The molecule has 0 heterocycles. The Balaban J connectivity index is 1.43. The molecule has 0 aromatic heterocycles. The Labute approximate surface area is 211 Å². The minimum Gasteiger partial charge on any atom is -0.427 e. The lowest BCUT2D eigenvalue weighted by Gasteiger charge is -2.12. The van der Waals surface area contributed by atoms with E-state index in [1.807, 2.05) is 36.4 Å². The molecule has 0 spiro atoms. The molecule has 5 rings (SSSR count). The van der Waals surface area contributed by atoms with Gasteiger partial charge in [0.05, 0.1) is 11.1 Å². The van der Waals surface area contributed by atoms with Crippen molar-refractivity contribution >= 4 is 23.9 Å². The molecule has 0 radical (unpaired) electrons. The zero-order valence-corrected chi connectivity index (χ0v) is 19.9. The Morgan fingerprint density at radius 1 is 0.703 bits per heavy atom. The summed E-state index contributed by atoms with van der Waals surface area (Å²) in [4.78, 5) is 57.9. The number of rotatable bonds is 4. The van der Waals surface area contributed by atoms with Gasteiger partial charge < -0.3 is 9.47 Å². The van der Waals surface area contributed by atoms with E-state index in [0.717, 1.165) is 22.3 Å². The Morgan fingerprint density at radius 2 is 1.41 bits per heavy atom. The summed E-state index contributed by atoms with van der Waals surface area (Å²) in [5, 5.41) is 0. The van der Waals surface area contributed by atoms with E-state index in [1.54, 1.807) is 0 Å². The maximum Gasteiger partial charge on any atom is 0.386 e. The second-order valence-electron chi connectivity index (χ2n) is 8.45. The Bertz CT molecular complexity index is 1530. The van der Waals surface area contributed by atoms with Crippen LogP contribution in [0.15, 0.2) is 72.8 Å². The standard InChI is InChI=1S/C29H20O8/c1-16(30)34-22-9-6-19(7-10-22)28(32)36-37-29(33)24-12-13-26(35-17(2)31)25-15-21-14-20-5-3-4-18(20)8-11-23(21)27(24)25/h3-14H,15H2,1-2H3. The lowest BCUT2D eigenvalue weighted by Crippen LogP contribution is -2.13. The maximum absolute atomic E-state index is 13.1. The molecule has 0 saturated heterocycles. The predicted octanol–water partition coefficient (Wildman–Crippen LogP) is 5.14. The van der Waals surface area contributed by atoms with E-state index in [0.29, 0.717) is 23.3 Å². The van der Waals surface area contributed by atoms with Gasteiger partial charge >= 0.3 is 23.9 Å². The number of carbonyl (C=O) groups is 4. The van der Waals surface area contributed by atoms with Crippen LogP contribution in [-0.4, -0.2) is 23.9 Å². The summed E-state index contributed by atoms with van der Waals surface area (Å²) >= 11 is 0. The highest BCUT2D eigenvalue weighted by atomic mass is 17.2. The summed E-state index contributed by atoms with van der Waals surface area (Å²) < 4.78 is 10.3. The van der Waals surface area contributed by atoms with Crippen LogP contribution in [0.5, 0.6) is 11.5 Å². The van der Waals surface area contributed by atoms with Crippen molar-refractivity contribution in [3.05, 3.63) is 95.1 Å². The van der Waals surface area contributed by atoms with Gasteiger partial charge in [0.1, 0.15) is 11.5 Å². The molecule has 0 N–H and O–H groups in total. The van der Waals surface area contributed by atoms with Crippen LogP contribution in [0.2, 0.25) is 0 Å². The zero-order chi connectivity index (χ0) is 26.1. The molecule has 8 heteroatoms. The number of fused-ring (bicyclic) bond motifs is 4. The first-order valence-electron chi connectivity index (χ1n) is 11.4. The average Bonchev–Trinajstić information content (AvgIpc) is 3.41. The second kappa shape index (κ2) is 9.58. The van der Waals surface area contributed by atoms with Gasteiger partial charge in [-0.2, -0.15) is 0 Å². The van der Waals surface area contributed by atoms with Gasteiger partial charge in [-0.1, -0.05) is 36.4 Å². The quantitative estimate of drug-likeness (QED) is 0.146. The first-order chi connectivity index (χ1) is 17.8. The van der Waals surface area contributed by atoms with Crippen LogP contribution in [0.3, 0.4) is 0 Å². The van der Waals surface area contributed by atoms with Crippen molar-refractivity contribution in [2.45, 2.75) is 20.3 Å².